The number of ether oxygens (including phenoxy) is 1. The molecule has 37 heavy (non-hydrogen) atoms. The zero-order valence-electron chi connectivity index (χ0n) is 20.3. The Balaban J connectivity index is 1.65. The molecule has 0 unspecified atom stereocenters. The van der Waals surface area contributed by atoms with Crippen LogP contribution < -0.4 is 10.6 Å². The normalized spacial score (nSPS) is 12.7. The fourth-order valence-electron chi connectivity index (χ4n) is 3.48. The van der Waals surface area contributed by atoms with E-state index in [-0.39, 0.29) is 36.1 Å². The molecule has 9 nitrogen and oxygen atoms in total. The van der Waals surface area contributed by atoms with Crippen LogP contribution in [-0.4, -0.2) is 50.9 Å². The number of hydrogen-bond donors (Lipinski definition) is 6. The van der Waals surface area contributed by atoms with Gasteiger partial charge in [-0.05, 0) is 60.4 Å². The van der Waals surface area contributed by atoms with Crippen LogP contribution >= 0.6 is 0 Å². The molecule has 9 heteroatoms. The lowest BCUT2D eigenvalue weighted by Crippen LogP contribution is -2.53. The van der Waals surface area contributed by atoms with E-state index >= 15 is 0 Å². The summed E-state index contributed by atoms with van der Waals surface area (Å²) in [4.78, 5) is 25.6. The highest BCUT2D eigenvalue weighted by molar-refractivity contribution is 5.95. The SMILES string of the molecule is C[C@@H](OCc1ccccc1)[C@H](NC(=O)/C=C/c1ccc(O)c(O)c1)C(=O)NCCc1ccc(O)c(O)c1. The molecule has 0 spiro atoms. The van der Waals surface area contributed by atoms with E-state index in [0.717, 1.165) is 5.56 Å². The first kappa shape index (κ1) is 27.1. The monoisotopic (exact) mass is 506 g/mol. The summed E-state index contributed by atoms with van der Waals surface area (Å²) in [7, 11) is 0. The summed E-state index contributed by atoms with van der Waals surface area (Å²) in [6.07, 6.45) is 2.38. The summed E-state index contributed by atoms with van der Waals surface area (Å²) in [5.74, 6) is -2.06. The number of nitrogens with one attached hydrogen (secondary N) is 2. The zero-order valence-corrected chi connectivity index (χ0v) is 20.3. The number of rotatable bonds is 11. The van der Waals surface area contributed by atoms with Crippen molar-refractivity contribution in [3.8, 4) is 23.0 Å². The maximum Gasteiger partial charge on any atom is 0.245 e. The van der Waals surface area contributed by atoms with E-state index in [2.05, 4.69) is 10.6 Å². The molecule has 2 amide bonds. The van der Waals surface area contributed by atoms with Gasteiger partial charge in [0.25, 0.3) is 0 Å². The Labute approximate surface area is 214 Å². The van der Waals surface area contributed by atoms with Crippen molar-refractivity contribution < 1.29 is 34.8 Å². The molecule has 0 radical (unpaired) electrons. The van der Waals surface area contributed by atoms with Gasteiger partial charge in [0, 0.05) is 12.6 Å². The van der Waals surface area contributed by atoms with Crippen molar-refractivity contribution >= 4 is 17.9 Å². The smallest absolute Gasteiger partial charge is 0.245 e. The molecule has 6 N–H and O–H groups in total. The Morgan fingerprint density at radius 3 is 2.22 bits per heavy atom. The summed E-state index contributed by atoms with van der Waals surface area (Å²) in [6, 6.07) is 17.0. The van der Waals surface area contributed by atoms with Gasteiger partial charge in [-0.15, -0.1) is 0 Å². The molecule has 0 saturated carbocycles. The van der Waals surface area contributed by atoms with E-state index in [4.69, 9.17) is 4.74 Å². The van der Waals surface area contributed by atoms with Gasteiger partial charge in [-0.2, -0.15) is 0 Å². The van der Waals surface area contributed by atoms with Crippen LogP contribution in [0.15, 0.2) is 72.8 Å². The van der Waals surface area contributed by atoms with Crippen molar-refractivity contribution in [2.45, 2.75) is 32.1 Å². The van der Waals surface area contributed by atoms with E-state index in [1.54, 1.807) is 13.0 Å². The van der Waals surface area contributed by atoms with Gasteiger partial charge in [0.15, 0.2) is 23.0 Å². The van der Waals surface area contributed by atoms with Crippen LogP contribution in [-0.2, 0) is 27.4 Å². The first-order chi connectivity index (χ1) is 17.7. The van der Waals surface area contributed by atoms with E-state index in [1.807, 2.05) is 30.3 Å². The third-order valence-corrected chi connectivity index (χ3v) is 5.58. The number of phenolic OH excluding ortho intramolecular Hbond substituents is 4. The van der Waals surface area contributed by atoms with Crippen molar-refractivity contribution in [2.75, 3.05) is 6.54 Å². The van der Waals surface area contributed by atoms with Crippen molar-refractivity contribution in [1.29, 1.82) is 0 Å². The molecule has 0 aliphatic carbocycles. The number of carbonyl (C=O) groups excluding carboxylic acids is 2. The van der Waals surface area contributed by atoms with Gasteiger partial charge < -0.3 is 35.8 Å². The van der Waals surface area contributed by atoms with Crippen LogP contribution in [0.3, 0.4) is 0 Å². The van der Waals surface area contributed by atoms with E-state index in [1.165, 1.54) is 42.5 Å². The van der Waals surface area contributed by atoms with E-state index < -0.39 is 24.0 Å². The maximum absolute atomic E-state index is 13.0. The molecule has 0 aliphatic heterocycles. The Morgan fingerprint density at radius 1 is 0.865 bits per heavy atom. The van der Waals surface area contributed by atoms with Crippen molar-refractivity contribution in [3.63, 3.8) is 0 Å². The molecule has 0 saturated heterocycles. The van der Waals surface area contributed by atoms with E-state index in [0.29, 0.717) is 17.5 Å². The summed E-state index contributed by atoms with van der Waals surface area (Å²) < 4.78 is 5.88. The molecule has 3 aromatic rings. The fourth-order valence-corrected chi connectivity index (χ4v) is 3.48. The predicted octanol–water partition coefficient (Wildman–Crippen LogP) is 2.97. The van der Waals surface area contributed by atoms with Gasteiger partial charge >= 0.3 is 0 Å². The molecule has 0 aliphatic rings. The summed E-state index contributed by atoms with van der Waals surface area (Å²) in [5.41, 5.74) is 2.11. The van der Waals surface area contributed by atoms with E-state index in [9.17, 15) is 30.0 Å². The minimum atomic E-state index is -1.01. The topological polar surface area (TPSA) is 148 Å². The zero-order chi connectivity index (χ0) is 26.8. The van der Waals surface area contributed by atoms with Crippen LogP contribution in [0.2, 0.25) is 0 Å². The second-order valence-corrected chi connectivity index (χ2v) is 8.43. The molecule has 0 fully saturated rings. The number of carbonyl (C=O) groups is 2. The Hall–Kier alpha value is -4.50. The average Bonchev–Trinajstić information content (AvgIpc) is 2.89. The highest BCUT2D eigenvalue weighted by Crippen LogP contribution is 2.26. The molecule has 3 aromatic carbocycles. The number of phenols is 4. The third-order valence-electron chi connectivity index (χ3n) is 5.58. The van der Waals surface area contributed by atoms with Crippen molar-refractivity contribution in [2.24, 2.45) is 0 Å². The Kier molecular flexibility index (Phi) is 9.51. The second kappa shape index (κ2) is 13.0. The molecular weight excluding hydrogens is 476 g/mol. The van der Waals surface area contributed by atoms with Gasteiger partial charge in [-0.3, -0.25) is 9.59 Å². The molecule has 3 rings (SSSR count). The lowest BCUT2D eigenvalue weighted by Gasteiger charge is -2.24. The molecule has 2 atom stereocenters. The number of hydrogen-bond acceptors (Lipinski definition) is 7. The second-order valence-electron chi connectivity index (χ2n) is 8.43. The number of amides is 2. The van der Waals surface area contributed by atoms with Gasteiger partial charge in [-0.25, -0.2) is 0 Å². The van der Waals surface area contributed by atoms with Gasteiger partial charge in [-0.1, -0.05) is 42.5 Å². The lowest BCUT2D eigenvalue weighted by molar-refractivity contribution is -0.131. The highest BCUT2D eigenvalue weighted by Gasteiger charge is 2.27. The first-order valence-corrected chi connectivity index (χ1v) is 11.7. The molecule has 0 aromatic heterocycles. The summed E-state index contributed by atoms with van der Waals surface area (Å²) in [5, 5.41) is 43.6. The standard InChI is InChI=1S/C28H30N2O7/c1-18(37-17-21-5-3-2-4-6-21)27(28(36)29-14-13-20-8-11-23(32)25(34)16-20)30-26(35)12-9-19-7-10-22(31)24(33)15-19/h2-12,15-16,18,27,31-34H,13-14,17H2,1H3,(H,29,36)(H,30,35)/b12-9+/t18-,27+/m1/s1. The predicted molar refractivity (Wildman–Crippen MR) is 138 cm³/mol. The quantitative estimate of drug-likeness (QED) is 0.173. The largest absolute Gasteiger partial charge is 0.504 e. The maximum atomic E-state index is 13.0. The van der Waals surface area contributed by atoms with Crippen LogP contribution in [0.25, 0.3) is 6.08 Å². The van der Waals surface area contributed by atoms with Gasteiger partial charge in [0.2, 0.25) is 11.8 Å². The molecule has 0 heterocycles. The number of aromatic hydroxyl groups is 4. The van der Waals surface area contributed by atoms with Gasteiger partial charge in [0.1, 0.15) is 6.04 Å². The lowest BCUT2D eigenvalue weighted by atomic mass is 10.1. The highest BCUT2D eigenvalue weighted by atomic mass is 16.5. The first-order valence-electron chi connectivity index (χ1n) is 11.7. The van der Waals surface area contributed by atoms with Crippen LogP contribution in [0.1, 0.15) is 23.6 Å². The van der Waals surface area contributed by atoms with Crippen LogP contribution in [0, 0.1) is 0 Å². The molecular formula is C28H30N2O7. The minimum Gasteiger partial charge on any atom is -0.504 e. The van der Waals surface area contributed by atoms with Crippen molar-refractivity contribution in [1.82, 2.24) is 10.6 Å². The summed E-state index contributed by atoms with van der Waals surface area (Å²) in [6.45, 7) is 2.16. The molecule has 194 valence electrons. The Morgan fingerprint density at radius 2 is 1.54 bits per heavy atom. The van der Waals surface area contributed by atoms with Crippen LogP contribution in [0.4, 0.5) is 0 Å². The number of benzene rings is 3. The molecule has 0 bridgehead atoms. The Bertz CT molecular complexity index is 1240. The average molecular weight is 507 g/mol. The van der Waals surface area contributed by atoms with Crippen molar-refractivity contribution in [3.05, 3.63) is 89.5 Å². The summed E-state index contributed by atoms with van der Waals surface area (Å²) >= 11 is 0. The van der Waals surface area contributed by atoms with Gasteiger partial charge in [0.05, 0.1) is 12.7 Å². The third kappa shape index (κ3) is 8.29. The fraction of sp³-hybridized carbons (Fsp3) is 0.214. The minimum absolute atomic E-state index is 0.226. The van der Waals surface area contributed by atoms with Crippen LogP contribution in [0.5, 0.6) is 23.0 Å².